The molecule has 0 atom stereocenters. The summed E-state index contributed by atoms with van der Waals surface area (Å²) in [5.41, 5.74) is 13.1. The molecule has 2 aromatic carbocycles. The molecule has 0 unspecified atom stereocenters. The minimum Gasteiger partial charge on any atom is -0.366 e. The molecule has 3 heteroatoms. The Kier molecular flexibility index (Phi) is 5.80. The number of hydrogen-bond donors (Lipinski definition) is 1. The summed E-state index contributed by atoms with van der Waals surface area (Å²) in [6.45, 7) is 7.02. The predicted octanol–water partition coefficient (Wildman–Crippen LogP) is 5.26. The second-order valence-electron chi connectivity index (χ2n) is 7.19. The first kappa shape index (κ1) is 19.0. The molecule has 0 saturated heterocycles. The third-order valence-corrected chi connectivity index (χ3v) is 5.17. The lowest BCUT2D eigenvalue weighted by molar-refractivity contribution is 0.1000. The highest BCUT2D eigenvalue weighted by Crippen LogP contribution is 2.34. The van der Waals surface area contributed by atoms with Crippen LogP contribution in [0.25, 0.3) is 11.1 Å². The summed E-state index contributed by atoms with van der Waals surface area (Å²) in [5.74, 6) is -0.354. The van der Waals surface area contributed by atoms with Crippen molar-refractivity contribution in [1.29, 1.82) is 0 Å². The molecule has 0 aliphatic heterocycles. The number of nitrogens with zero attached hydrogens (tertiary/aromatic N) is 1. The average molecular weight is 361 g/mol. The van der Waals surface area contributed by atoms with Crippen molar-refractivity contribution in [3.8, 4) is 11.1 Å². The van der Waals surface area contributed by atoms with E-state index in [4.69, 9.17) is 5.73 Å². The van der Waals surface area contributed by atoms with Crippen LogP contribution in [-0.2, 0) is 13.0 Å². The lowest BCUT2D eigenvalue weighted by Crippen LogP contribution is -2.13. The average Bonchev–Trinajstić information content (AvgIpc) is 2.93. The molecule has 0 aliphatic carbocycles. The molecular formula is C24H28N2O. The summed E-state index contributed by atoms with van der Waals surface area (Å²) in [4.78, 5) is 12.4. The third-order valence-electron chi connectivity index (χ3n) is 5.17. The summed E-state index contributed by atoms with van der Waals surface area (Å²) in [6.07, 6.45) is 3.12. The van der Waals surface area contributed by atoms with Crippen molar-refractivity contribution in [3.05, 3.63) is 82.7 Å². The maximum absolute atomic E-state index is 12.4. The van der Waals surface area contributed by atoms with Gasteiger partial charge in [-0.2, -0.15) is 0 Å². The molecule has 0 aliphatic rings. The number of hydrogen-bond acceptors (Lipinski definition) is 1. The minimum atomic E-state index is -0.354. The first-order valence-corrected chi connectivity index (χ1v) is 9.65. The fraction of sp³-hybridized carbons (Fsp3) is 0.292. The van der Waals surface area contributed by atoms with E-state index in [2.05, 4.69) is 66.9 Å². The number of carbonyl (C=O) groups excluding carboxylic acids is 1. The van der Waals surface area contributed by atoms with E-state index in [-0.39, 0.29) is 5.91 Å². The number of unbranched alkanes of at least 4 members (excludes halogenated alkanes) is 1. The van der Waals surface area contributed by atoms with Crippen LogP contribution in [0.4, 0.5) is 0 Å². The number of aromatic nitrogens is 1. The zero-order valence-electron chi connectivity index (χ0n) is 16.5. The highest BCUT2D eigenvalue weighted by Gasteiger charge is 2.24. The SMILES string of the molecule is CCCCc1c(-c2ccc(C)cc2)c(C(N)=O)c(C)n1Cc1ccccc1. The first-order chi connectivity index (χ1) is 13.0. The number of rotatable bonds is 7. The summed E-state index contributed by atoms with van der Waals surface area (Å²) < 4.78 is 2.28. The summed E-state index contributed by atoms with van der Waals surface area (Å²) >= 11 is 0. The fourth-order valence-electron chi connectivity index (χ4n) is 3.71. The van der Waals surface area contributed by atoms with Gasteiger partial charge in [-0.15, -0.1) is 0 Å². The largest absolute Gasteiger partial charge is 0.366 e. The smallest absolute Gasteiger partial charge is 0.251 e. The van der Waals surface area contributed by atoms with Crippen molar-refractivity contribution in [3.63, 3.8) is 0 Å². The molecule has 2 N–H and O–H groups in total. The van der Waals surface area contributed by atoms with Crippen LogP contribution in [0, 0.1) is 13.8 Å². The third kappa shape index (κ3) is 3.97. The van der Waals surface area contributed by atoms with Crippen LogP contribution in [0.15, 0.2) is 54.6 Å². The molecule has 140 valence electrons. The second-order valence-corrected chi connectivity index (χ2v) is 7.19. The topological polar surface area (TPSA) is 48.0 Å². The number of benzene rings is 2. The van der Waals surface area contributed by atoms with E-state index >= 15 is 0 Å². The van der Waals surface area contributed by atoms with Gasteiger partial charge in [0.25, 0.3) is 5.91 Å². The van der Waals surface area contributed by atoms with Crippen molar-refractivity contribution < 1.29 is 4.79 Å². The second kappa shape index (κ2) is 8.26. The Morgan fingerprint density at radius 1 is 1.00 bits per heavy atom. The van der Waals surface area contributed by atoms with Crippen LogP contribution in [0.2, 0.25) is 0 Å². The van der Waals surface area contributed by atoms with Gasteiger partial charge in [0.2, 0.25) is 0 Å². The molecule has 1 heterocycles. The molecule has 1 aromatic heterocycles. The number of aryl methyl sites for hydroxylation is 1. The van der Waals surface area contributed by atoms with Crippen LogP contribution in [0.1, 0.15) is 52.6 Å². The van der Waals surface area contributed by atoms with Gasteiger partial charge in [0.05, 0.1) is 5.56 Å². The molecule has 0 fully saturated rings. The van der Waals surface area contributed by atoms with E-state index in [1.165, 1.54) is 16.8 Å². The first-order valence-electron chi connectivity index (χ1n) is 9.65. The maximum atomic E-state index is 12.4. The van der Waals surface area contributed by atoms with Crippen molar-refractivity contribution in [2.24, 2.45) is 5.73 Å². The van der Waals surface area contributed by atoms with Crippen LogP contribution in [0.5, 0.6) is 0 Å². The number of nitrogens with two attached hydrogens (primary N) is 1. The van der Waals surface area contributed by atoms with E-state index < -0.39 is 0 Å². The fourth-order valence-corrected chi connectivity index (χ4v) is 3.71. The van der Waals surface area contributed by atoms with Crippen molar-refractivity contribution in [1.82, 2.24) is 4.57 Å². The van der Waals surface area contributed by atoms with Gasteiger partial charge >= 0.3 is 0 Å². The van der Waals surface area contributed by atoms with Crippen molar-refractivity contribution in [2.45, 2.75) is 46.6 Å². The van der Waals surface area contributed by atoms with Crippen molar-refractivity contribution in [2.75, 3.05) is 0 Å². The van der Waals surface area contributed by atoms with E-state index in [1.807, 2.05) is 13.0 Å². The van der Waals surface area contributed by atoms with E-state index in [0.717, 1.165) is 42.6 Å². The predicted molar refractivity (Wildman–Crippen MR) is 112 cm³/mol. The Balaban J connectivity index is 2.21. The monoisotopic (exact) mass is 360 g/mol. The van der Waals surface area contributed by atoms with Crippen LogP contribution >= 0.6 is 0 Å². The van der Waals surface area contributed by atoms with Gasteiger partial charge in [-0.25, -0.2) is 0 Å². The van der Waals surface area contributed by atoms with Gasteiger partial charge in [-0.05, 0) is 37.8 Å². The number of primary amides is 1. The van der Waals surface area contributed by atoms with E-state index in [0.29, 0.717) is 5.56 Å². The van der Waals surface area contributed by atoms with Gasteiger partial charge in [-0.3, -0.25) is 4.79 Å². The summed E-state index contributed by atoms with van der Waals surface area (Å²) in [6, 6.07) is 18.7. The number of carbonyl (C=O) groups is 1. The van der Waals surface area contributed by atoms with Gasteiger partial charge < -0.3 is 10.3 Å². The molecule has 27 heavy (non-hydrogen) atoms. The Labute approximate surface area is 161 Å². The highest BCUT2D eigenvalue weighted by molar-refractivity contribution is 6.02. The Hall–Kier alpha value is -2.81. The van der Waals surface area contributed by atoms with Gasteiger partial charge in [0.1, 0.15) is 0 Å². The van der Waals surface area contributed by atoms with Crippen LogP contribution in [0.3, 0.4) is 0 Å². The molecule has 1 amide bonds. The Bertz CT molecular complexity index is 921. The maximum Gasteiger partial charge on any atom is 0.251 e. The molecule has 0 bridgehead atoms. The zero-order valence-corrected chi connectivity index (χ0v) is 16.5. The molecule has 3 aromatic rings. The summed E-state index contributed by atoms with van der Waals surface area (Å²) in [5, 5.41) is 0. The molecule has 3 nitrogen and oxygen atoms in total. The Morgan fingerprint density at radius 2 is 1.67 bits per heavy atom. The van der Waals surface area contributed by atoms with Crippen molar-refractivity contribution >= 4 is 5.91 Å². The van der Waals surface area contributed by atoms with Gasteiger partial charge in [0.15, 0.2) is 0 Å². The lowest BCUT2D eigenvalue weighted by atomic mass is 9.97. The highest BCUT2D eigenvalue weighted by atomic mass is 16.1. The minimum absolute atomic E-state index is 0.354. The zero-order chi connectivity index (χ0) is 19.4. The van der Waals surface area contributed by atoms with Gasteiger partial charge in [0, 0.05) is 23.5 Å². The molecule has 0 spiro atoms. The van der Waals surface area contributed by atoms with Crippen LogP contribution in [-0.4, -0.2) is 10.5 Å². The molecule has 0 radical (unpaired) electrons. The normalized spacial score (nSPS) is 10.9. The molecular weight excluding hydrogens is 332 g/mol. The van der Waals surface area contributed by atoms with E-state index in [9.17, 15) is 4.79 Å². The Morgan fingerprint density at radius 3 is 2.26 bits per heavy atom. The molecule has 0 saturated carbocycles. The quantitative estimate of drug-likeness (QED) is 0.614. The van der Waals surface area contributed by atoms with Crippen LogP contribution < -0.4 is 5.73 Å². The molecule has 3 rings (SSSR count). The number of amides is 1. The van der Waals surface area contributed by atoms with Gasteiger partial charge in [-0.1, -0.05) is 73.5 Å². The standard InChI is InChI=1S/C24H28N2O/c1-4-5-11-21-23(20-14-12-17(2)13-15-20)22(24(25)27)18(3)26(21)16-19-9-7-6-8-10-19/h6-10,12-15H,4-5,11,16H2,1-3H3,(H2,25,27). The van der Waals surface area contributed by atoms with E-state index in [1.54, 1.807) is 0 Å². The summed E-state index contributed by atoms with van der Waals surface area (Å²) in [7, 11) is 0. The lowest BCUT2D eigenvalue weighted by Gasteiger charge is -2.13.